The standard InChI is InChI=1S/C14H14F2O2/c15-9-4-3-5-10(13(9)16)18-12-8-11(17)14(12)6-1-2-7-14/h3-5,12H,1-2,6-8H2. The van der Waals surface area contributed by atoms with Gasteiger partial charge in [-0.3, -0.25) is 4.79 Å². The van der Waals surface area contributed by atoms with Crippen LogP contribution in [-0.4, -0.2) is 11.9 Å². The number of rotatable bonds is 2. The van der Waals surface area contributed by atoms with Gasteiger partial charge in [-0.1, -0.05) is 18.9 Å². The van der Waals surface area contributed by atoms with Gasteiger partial charge in [0.05, 0.1) is 5.41 Å². The van der Waals surface area contributed by atoms with Gasteiger partial charge in [-0.2, -0.15) is 4.39 Å². The Morgan fingerprint density at radius 3 is 2.61 bits per heavy atom. The molecule has 96 valence electrons. The van der Waals surface area contributed by atoms with Crippen LogP contribution in [0.4, 0.5) is 8.78 Å². The summed E-state index contributed by atoms with van der Waals surface area (Å²) in [7, 11) is 0. The van der Waals surface area contributed by atoms with Gasteiger partial charge >= 0.3 is 0 Å². The van der Waals surface area contributed by atoms with Crippen molar-refractivity contribution in [3.8, 4) is 5.75 Å². The van der Waals surface area contributed by atoms with E-state index in [1.165, 1.54) is 12.1 Å². The van der Waals surface area contributed by atoms with Crippen molar-refractivity contribution in [2.75, 3.05) is 0 Å². The molecule has 1 spiro atoms. The Labute approximate surface area is 104 Å². The van der Waals surface area contributed by atoms with Crippen molar-refractivity contribution in [1.82, 2.24) is 0 Å². The summed E-state index contributed by atoms with van der Waals surface area (Å²) >= 11 is 0. The third-order valence-electron chi connectivity index (χ3n) is 4.22. The smallest absolute Gasteiger partial charge is 0.200 e. The number of carbonyl (C=O) groups is 1. The molecule has 0 saturated heterocycles. The molecule has 0 N–H and O–H groups in total. The minimum absolute atomic E-state index is 0.0845. The monoisotopic (exact) mass is 252 g/mol. The minimum Gasteiger partial charge on any atom is -0.486 e. The molecule has 0 radical (unpaired) electrons. The van der Waals surface area contributed by atoms with E-state index in [0.717, 1.165) is 31.7 Å². The third kappa shape index (κ3) is 1.55. The summed E-state index contributed by atoms with van der Waals surface area (Å²) in [5.74, 6) is -1.76. The molecule has 1 unspecified atom stereocenters. The second-order valence-electron chi connectivity index (χ2n) is 5.15. The number of halogens is 2. The highest BCUT2D eigenvalue weighted by molar-refractivity contribution is 5.92. The Morgan fingerprint density at radius 2 is 1.94 bits per heavy atom. The highest BCUT2D eigenvalue weighted by Crippen LogP contribution is 2.52. The predicted molar refractivity (Wildman–Crippen MR) is 61.3 cm³/mol. The average molecular weight is 252 g/mol. The maximum Gasteiger partial charge on any atom is 0.200 e. The van der Waals surface area contributed by atoms with E-state index < -0.39 is 17.0 Å². The SMILES string of the molecule is O=C1CC(Oc2cccc(F)c2F)C12CCCC2. The molecule has 2 aliphatic carbocycles. The van der Waals surface area contributed by atoms with Crippen molar-refractivity contribution >= 4 is 5.78 Å². The van der Waals surface area contributed by atoms with Crippen molar-refractivity contribution in [1.29, 1.82) is 0 Å². The van der Waals surface area contributed by atoms with Crippen molar-refractivity contribution in [2.45, 2.75) is 38.2 Å². The highest BCUT2D eigenvalue weighted by Gasteiger charge is 2.57. The Morgan fingerprint density at radius 1 is 1.22 bits per heavy atom. The summed E-state index contributed by atoms with van der Waals surface area (Å²) in [6, 6.07) is 3.87. The van der Waals surface area contributed by atoms with Crippen molar-refractivity contribution < 1.29 is 18.3 Å². The molecule has 0 heterocycles. The summed E-state index contributed by atoms with van der Waals surface area (Å²) in [6.45, 7) is 0. The quantitative estimate of drug-likeness (QED) is 0.807. The fraction of sp³-hybridized carbons (Fsp3) is 0.500. The second kappa shape index (κ2) is 4.04. The molecule has 18 heavy (non-hydrogen) atoms. The van der Waals surface area contributed by atoms with Crippen LogP contribution in [0.15, 0.2) is 18.2 Å². The molecule has 0 amide bonds. The lowest BCUT2D eigenvalue weighted by molar-refractivity contribution is -0.151. The highest BCUT2D eigenvalue weighted by atomic mass is 19.2. The minimum atomic E-state index is -0.968. The molecular weight excluding hydrogens is 238 g/mol. The number of Topliss-reactive ketones (excluding diaryl/α,β-unsaturated/α-hetero) is 1. The zero-order valence-electron chi connectivity index (χ0n) is 9.92. The Kier molecular flexibility index (Phi) is 2.61. The molecule has 1 aromatic rings. The molecule has 0 bridgehead atoms. The molecule has 2 nitrogen and oxygen atoms in total. The number of hydrogen-bond donors (Lipinski definition) is 0. The zero-order chi connectivity index (χ0) is 12.8. The van der Waals surface area contributed by atoms with E-state index in [1.54, 1.807) is 0 Å². The van der Waals surface area contributed by atoms with Gasteiger partial charge < -0.3 is 4.74 Å². The van der Waals surface area contributed by atoms with E-state index in [4.69, 9.17) is 4.74 Å². The van der Waals surface area contributed by atoms with Crippen LogP contribution in [0.2, 0.25) is 0 Å². The van der Waals surface area contributed by atoms with E-state index in [-0.39, 0.29) is 17.6 Å². The van der Waals surface area contributed by atoms with E-state index in [0.29, 0.717) is 6.42 Å². The molecule has 1 atom stereocenters. The van der Waals surface area contributed by atoms with Gasteiger partial charge in [-0.05, 0) is 25.0 Å². The Hall–Kier alpha value is -1.45. The van der Waals surface area contributed by atoms with Crippen LogP contribution in [0.3, 0.4) is 0 Å². The van der Waals surface area contributed by atoms with Gasteiger partial charge in [0, 0.05) is 6.42 Å². The summed E-state index contributed by atoms with van der Waals surface area (Å²) in [4.78, 5) is 11.8. The number of ketones is 1. The summed E-state index contributed by atoms with van der Waals surface area (Å²) in [6.07, 6.45) is 3.68. The summed E-state index contributed by atoms with van der Waals surface area (Å²) in [5, 5.41) is 0. The van der Waals surface area contributed by atoms with Crippen molar-refractivity contribution in [3.05, 3.63) is 29.8 Å². The topological polar surface area (TPSA) is 26.3 Å². The van der Waals surface area contributed by atoms with Crippen molar-refractivity contribution in [2.24, 2.45) is 5.41 Å². The first-order chi connectivity index (χ1) is 8.63. The fourth-order valence-electron chi connectivity index (χ4n) is 3.10. The molecule has 2 aliphatic rings. The van der Waals surface area contributed by atoms with Crippen LogP contribution in [0, 0.1) is 17.0 Å². The predicted octanol–water partition coefficient (Wildman–Crippen LogP) is 3.25. The van der Waals surface area contributed by atoms with Gasteiger partial charge in [0.25, 0.3) is 0 Å². The van der Waals surface area contributed by atoms with Crippen LogP contribution < -0.4 is 4.74 Å². The number of carbonyl (C=O) groups excluding carboxylic acids is 1. The summed E-state index contributed by atoms with van der Waals surface area (Å²) < 4.78 is 32.1. The number of ether oxygens (including phenoxy) is 1. The van der Waals surface area contributed by atoms with Gasteiger partial charge in [0.2, 0.25) is 5.82 Å². The van der Waals surface area contributed by atoms with Crippen LogP contribution in [0.5, 0.6) is 5.75 Å². The van der Waals surface area contributed by atoms with Gasteiger partial charge in [-0.15, -0.1) is 0 Å². The molecule has 0 aromatic heterocycles. The lowest BCUT2D eigenvalue weighted by Gasteiger charge is -2.44. The first-order valence-corrected chi connectivity index (χ1v) is 6.27. The van der Waals surface area contributed by atoms with E-state index in [9.17, 15) is 13.6 Å². The molecular formula is C14H14F2O2. The van der Waals surface area contributed by atoms with E-state index in [1.807, 2.05) is 0 Å². The van der Waals surface area contributed by atoms with E-state index in [2.05, 4.69) is 0 Å². The summed E-state index contributed by atoms with van der Waals surface area (Å²) in [5.41, 5.74) is -0.418. The third-order valence-corrected chi connectivity index (χ3v) is 4.22. The maximum atomic E-state index is 13.5. The average Bonchev–Trinajstić information content (AvgIpc) is 2.86. The molecule has 4 heteroatoms. The molecule has 3 rings (SSSR count). The van der Waals surface area contributed by atoms with Crippen LogP contribution in [0.1, 0.15) is 32.1 Å². The number of hydrogen-bond acceptors (Lipinski definition) is 2. The maximum absolute atomic E-state index is 13.5. The first kappa shape index (κ1) is 11.6. The van der Waals surface area contributed by atoms with Gasteiger partial charge in [0.1, 0.15) is 11.9 Å². The molecule has 2 fully saturated rings. The van der Waals surface area contributed by atoms with Gasteiger partial charge in [-0.25, -0.2) is 4.39 Å². The normalized spacial score (nSPS) is 25.2. The first-order valence-electron chi connectivity index (χ1n) is 6.27. The fourth-order valence-corrected chi connectivity index (χ4v) is 3.10. The molecule has 0 aliphatic heterocycles. The lowest BCUT2D eigenvalue weighted by Crippen LogP contribution is -2.55. The second-order valence-corrected chi connectivity index (χ2v) is 5.15. The lowest BCUT2D eigenvalue weighted by atomic mass is 9.63. The van der Waals surface area contributed by atoms with E-state index >= 15 is 0 Å². The zero-order valence-corrected chi connectivity index (χ0v) is 9.92. The molecule has 2 saturated carbocycles. The van der Waals surface area contributed by atoms with Crippen LogP contribution >= 0.6 is 0 Å². The largest absolute Gasteiger partial charge is 0.486 e. The Bertz CT molecular complexity index is 493. The molecule has 1 aromatic carbocycles. The van der Waals surface area contributed by atoms with Gasteiger partial charge in [0.15, 0.2) is 11.6 Å². The van der Waals surface area contributed by atoms with Crippen molar-refractivity contribution in [3.63, 3.8) is 0 Å². The Balaban J connectivity index is 1.81. The van der Waals surface area contributed by atoms with Crippen LogP contribution in [0.25, 0.3) is 0 Å². The number of benzene rings is 1. The van der Waals surface area contributed by atoms with Crippen LogP contribution in [-0.2, 0) is 4.79 Å².